The van der Waals surface area contributed by atoms with Crippen LogP contribution in [0.2, 0.25) is 5.15 Å². The topological polar surface area (TPSA) is 64.1 Å². The number of hydrogen-bond acceptors (Lipinski definition) is 3. The molecule has 2 rings (SSSR count). The van der Waals surface area contributed by atoms with E-state index in [2.05, 4.69) is 16.5 Å². The molecule has 0 bridgehead atoms. The Labute approximate surface area is 94.1 Å². The highest BCUT2D eigenvalue weighted by Gasteiger charge is 2.33. The maximum absolute atomic E-state index is 10.1. The third-order valence-corrected chi connectivity index (χ3v) is 3.40. The summed E-state index contributed by atoms with van der Waals surface area (Å²) < 4.78 is 2.10. The zero-order valence-electron chi connectivity index (χ0n) is 8.83. The van der Waals surface area contributed by atoms with E-state index >= 15 is 0 Å². The van der Waals surface area contributed by atoms with Gasteiger partial charge in [0.05, 0.1) is 11.3 Å². The minimum atomic E-state index is -0.801. The molecular formula is C10H16ClN3O. The second kappa shape index (κ2) is 3.77. The second-order valence-electron chi connectivity index (χ2n) is 4.13. The van der Waals surface area contributed by atoms with E-state index in [-0.39, 0.29) is 6.54 Å². The zero-order valence-corrected chi connectivity index (χ0v) is 9.59. The standard InChI is InChI=1S/C10H16ClN3O/c1-2-8-13-9(11)7-5-10(15,6-12)3-4-14(7)8/h15H,2-6,12H2,1H3. The predicted octanol–water partition coefficient (Wildman–Crippen LogP) is 0.735. The smallest absolute Gasteiger partial charge is 0.150 e. The average molecular weight is 230 g/mol. The fourth-order valence-corrected chi connectivity index (χ4v) is 2.37. The van der Waals surface area contributed by atoms with Gasteiger partial charge < -0.3 is 15.4 Å². The summed E-state index contributed by atoms with van der Waals surface area (Å²) in [5.41, 5.74) is 5.68. The van der Waals surface area contributed by atoms with Crippen molar-refractivity contribution in [3.63, 3.8) is 0 Å². The lowest BCUT2D eigenvalue weighted by Crippen LogP contribution is -2.44. The molecule has 1 atom stereocenters. The predicted molar refractivity (Wildman–Crippen MR) is 58.9 cm³/mol. The Balaban J connectivity index is 2.38. The van der Waals surface area contributed by atoms with Crippen LogP contribution in [0.25, 0.3) is 0 Å². The molecule has 2 heterocycles. The van der Waals surface area contributed by atoms with Crippen molar-refractivity contribution in [2.75, 3.05) is 6.54 Å². The fraction of sp³-hybridized carbons (Fsp3) is 0.700. The second-order valence-corrected chi connectivity index (χ2v) is 4.48. The maximum Gasteiger partial charge on any atom is 0.150 e. The van der Waals surface area contributed by atoms with Crippen LogP contribution in [0, 0.1) is 0 Å². The Bertz CT molecular complexity index is 377. The van der Waals surface area contributed by atoms with Gasteiger partial charge >= 0.3 is 0 Å². The maximum atomic E-state index is 10.1. The number of aliphatic hydroxyl groups is 1. The molecule has 1 aromatic rings. The van der Waals surface area contributed by atoms with Gasteiger partial charge in [0, 0.05) is 25.9 Å². The summed E-state index contributed by atoms with van der Waals surface area (Å²) in [5, 5.41) is 10.6. The minimum Gasteiger partial charge on any atom is -0.388 e. The summed E-state index contributed by atoms with van der Waals surface area (Å²) in [4.78, 5) is 4.29. The van der Waals surface area contributed by atoms with Crippen molar-refractivity contribution in [1.82, 2.24) is 9.55 Å². The Morgan fingerprint density at radius 1 is 1.67 bits per heavy atom. The van der Waals surface area contributed by atoms with Crippen LogP contribution in [-0.4, -0.2) is 26.8 Å². The van der Waals surface area contributed by atoms with Gasteiger partial charge in [0.15, 0.2) is 5.15 Å². The molecule has 0 aliphatic carbocycles. The lowest BCUT2D eigenvalue weighted by Gasteiger charge is -2.32. The molecule has 3 N–H and O–H groups in total. The highest BCUT2D eigenvalue weighted by molar-refractivity contribution is 6.30. The number of halogens is 1. The lowest BCUT2D eigenvalue weighted by molar-refractivity contribution is 0.0239. The molecule has 15 heavy (non-hydrogen) atoms. The van der Waals surface area contributed by atoms with E-state index in [1.54, 1.807) is 0 Å². The number of hydrogen-bond donors (Lipinski definition) is 2. The molecule has 5 heteroatoms. The van der Waals surface area contributed by atoms with E-state index in [0.29, 0.717) is 18.0 Å². The molecule has 1 aromatic heterocycles. The van der Waals surface area contributed by atoms with E-state index in [0.717, 1.165) is 24.5 Å². The molecule has 1 aliphatic heterocycles. The van der Waals surface area contributed by atoms with E-state index < -0.39 is 5.60 Å². The number of nitrogens with zero attached hydrogens (tertiary/aromatic N) is 2. The van der Waals surface area contributed by atoms with Crippen molar-refractivity contribution in [2.45, 2.75) is 38.3 Å². The van der Waals surface area contributed by atoms with E-state index in [4.69, 9.17) is 17.3 Å². The molecule has 0 radical (unpaired) electrons. The SMILES string of the molecule is CCc1nc(Cl)c2n1CCC(O)(CN)C2. The van der Waals surface area contributed by atoms with Crippen LogP contribution in [0.15, 0.2) is 0 Å². The van der Waals surface area contributed by atoms with Gasteiger partial charge in [-0.1, -0.05) is 18.5 Å². The summed E-state index contributed by atoms with van der Waals surface area (Å²) in [6, 6.07) is 0. The molecule has 4 nitrogen and oxygen atoms in total. The zero-order chi connectivity index (χ0) is 11.1. The van der Waals surface area contributed by atoms with Crippen LogP contribution in [0.3, 0.4) is 0 Å². The van der Waals surface area contributed by atoms with E-state index in [9.17, 15) is 5.11 Å². The number of nitrogens with two attached hydrogens (primary N) is 1. The Morgan fingerprint density at radius 2 is 2.40 bits per heavy atom. The van der Waals surface area contributed by atoms with E-state index in [1.807, 2.05) is 0 Å². The van der Waals surface area contributed by atoms with Crippen molar-refractivity contribution in [2.24, 2.45) is 5.73 Å². The summed E-state index contributed by atoms with van der Waals surface area (Å²) in [6.07, 6.45) is 2.05. The van der Waals surface area contributed by atoms with Crippen molar-refractivity contribution in [1.29, 1.82) is 0 Å². The van der Waals surface area contributed by atoms with Crippen molar-refractivity contribution < 1.29 is 5.11 Å². The van der Waals surface area contributed by atoms with Crippen LogP contribution in [0.1, 0.15) is 24.9 Å². The van der Waals surface area contributed by atoms with Gasteiger partial charge in [-0.2, -0.15) is 0 Å². The van der Waals surface area contributed by atoms with Gasteiger partial charge in [0.2, 0.25) is 0 Å². The number of imidazole rings is 1. The average Bonchev–Trinajstić information content (AvgIpc) is 2.55. The summed E-state index contributed by atoms with van der Waals surface area (Å²) in [5.74, 6) is 0.995. The monoisotopic (exact) mass is 229 g/mol. The minimum absolute atomic E-state index is 0.274. The van der Waals surface area contributed by atoms with Gasteiger partial charge in [-0.15, -0.1) is 0 Å². The third-order valence-electron chi connectivity index (χ3n) is 3.10. The fourth-order valence-electron chi connectivity index (χ4n) is 2.10. The summed E-state index contributed by atoms with van der Waals surface area (Å²) in [6.45, 7) is 3.08. The summed E-state index contributed by atoms with van der Waals surface area (Å²) in [7, 11) is 0. The quantitative estimate of drug-likeness (QED) is 0.786. The van der Waals surface area contributed by atoms with Gasteiger partial charge in [-0.05, 0) is 6.42 Å². The largest absolute Gasteiger partial charge is 0.388 e. The van der Waals surface area contributed by atoms with Gasteiger partial charge in [-0.25, -0.2) is 4.98 Å². The molecule has 0 saturated heterocycles. The normalized spacial score (nSPS) is 25.3. The van der Waals surface area contributed by atoms with Gasteiger partial charge in [0.25, 0.3) is 0 Å². The summed E-state index contributed by atoms with van der Waals surface area (Å²) >= 11 is 6.04. The first-order valence-electron chi connectivity index (χ1n) is 5.26. The number of aryl methyl sites for hydroxylation is 1. The highest BCUT2D eigenvalue weighted by atomic mass is 35.5. The van der Waals surface area contributed by atoms with Crippen LogP contribution >= 0.6 is 11.6 Å². The first-order chi connectivity index (χ1) is 7.09. The van der Waals surface area contributed by atoms with Crippen LogP contribution in [0.4, 0.5) is 0 Å². The number of aromatic nitrogens is 2. The first kappa shape index (κ1) is 10.9. The van der Waals surface area contributed by atoms with Crippen molar-refractivity contribution >= 4 is 11.6 Å². The van der Waals surface area contributed by atoms with Crippen molar-refractivity contribution in [3.05, 3.63) is 16.7 Å². The van der Waals surface area contributed by atoms with E-state index in [1.165, 1.54) is 0 Å². The Hall–Kier alpha value is -0.580. The molecule has 0 spiro atoms. The third kappa shape index (κ3) is 1.77. The molecule has 1 aliphatic rings. The van der Waals surface area contributed by atoms with Crippen LogP contribution < -0.4 is 5.73 Å². The first-order valence-corrected chi connectivity index (χ1v) is 5.63. The molecule has 0 aromatic carbocycles. The van der Waals surface area contributed by atoms with Crippen LogP contribution in [-0.2, 0) is 19.4 Å². The molecule has 0 fully saturated rings. The Morgan fingerprint density at radius 3 is 3.00 bits per heavy atom. The molecule has 0 saturated carbocycles. The van der Waals surface area contributed by atoms with Gasteiger partial charge in [-0.3, -0.25) is 0 Å². The molecule has 84 valence electrons. The van der Waals surface area contributed by atoms with Crippen molar-refractivity contribution in [3.8, 4) is 0 Å². The Kier molecular flexibility index (Phi) is 2.75. The number of fused-ring (bicyclic) bond motifs is 1. The number of rotatable bonds is 2. The van der Waals surface area contributed by atoms with Crippen LogP contribution in [0.5, 0.6) is 0 Å². The lowest BCUT2D eigenvalue weighted by atomic mass is 9.91. The van der Waals surface area contributed by atoms with Gasteiger partial charge in [0.1, 0.15) is 5.82 Å². The highest BCUT2D eigenvalue weighted by Crippen LogP contribution is 2.29. The molecule has 0 amide bonds. The molecule has 1 unspecified atom stereocenters. The molecular weight excluding hydrogens is 214 g/mol.